The summed E-state index contributed by atoms with van der Waals surface area (Å²) in [5.41, 5.74) is 1.89. The van der Waals surface area contributed by atoms with Crippen LogP contribution in [0.2, 0.25) is 0 Å². The van der Waals surface area contributed by atoms with Gasteiger partial charge in [-0.05, 0) is 51.0 Å². The molecule has 4 nitrogen and oxygen atoms in total. The van der Waals surface area contributed by atoms with E-state index in [0.29, 0.717) is 13.1 Å². The summed E-state index contributed by atoms with van der Waals surface area (Å²) < 4.78 is 6.24. The van der Waals surface area contributed by atoms with Crippen molar-refractivity contribution in [3.63, 3.8) is 0 Å². The van der Waals surface area contributed by atoms with Gasteiger partial charge in [-0.25, -0.2) is 4.79 Å². The van der Waals surface area contributed by atoms with E-state index in [1.54, 1.807) is 0 Å². The molecule has 20 heavy (non-hydrogen) atoms. The van der Waals surface area contributed by atoms with Crippen LogP contribution in [0.25, 0.3) is 0 Å². The molecule has 5 heteroatoms. The summed E-state index contributed by atoms with van der Waals surface area (Å²) in [6.07, 6.45) is 0.576. The highest BCUT2D eigenvalue weighted by Gasteiger charge is 2.15. The number of aryl methyl sites for hydroxylation is 1. The minimum absolute atomic E-state index is 0.383. The molecule has 0 aromatic heterocycles. The van der Waals surface area contributed by atoms with Crippen molar-refractivity contribution in [3.05, 3.63) is 28.2 Å². The number of hydrogen-bond donors (Lipinski definition) is 2. The summed E-state index contributed by atoms with van der Waals surface area (Å²) >= 11 is 3.46. The fraction of sp³-hybridized carbons (Fsp3) is 0.533. The van der Waals surface area contributed by atoms with Crippen LogP contribution in [-0.4, -0.2) is 24.8 Å². The van der Waals surface area contributed by atoms with Gasteiger partial charge in [-0.1, -0.05) is 22.9 Å². The average molecular weight is 343 g/mol. The van der Waals surface area contributed by atoms with E-state index in [0.717, 1.165) is 16.6 Å². The lowest BCUT2D eigenvalue weighted by Crippen LogP contribution is -2.35. The molecule has 0 radical (unpaired) electrons. The minimum atomic E-state index is -0.460. The van der Waals surface area contributed by atoms with Crippen molar-refractivity contribution in [3.8, 4) is 0 Å². The molecule has 1 aromatic rings. The van der Waals surface area contributed by atoms with Crippen LogP contribution >= 0.6 is 15.9 Å². The highest BCUT2D eigenvalue weighted by Crippen LogP contribution is 2.21. The van der Waals surface area contributed by atoms with E-state index < -0.39 is 5.60 Å². The molecule has 0 aliphatic carbocycles. The Morgan fingerprint density at radius 1 is 1.30 bits per heavy atom. The van der Waals surface area contributed by atoms with Gasteiger partial charge in [0.1, 0.15) is 5.60 Å². The number of amides is 1. The molecule has 0 saturated carbocycles. The van der Waals surface area contributed by atoms with Crippen LogP contribution in [0.1, 0.15) is 33.3 Å². The maximum absolute atomic E-state index is 11.5. The number of ether oxygens (including phenoxy) is 1. The topological polar surface area (TPSA) is 50.4 Å². The van der Waals surface area contributed by atoms with Crippen molar-refractivity contribution in [2.75, 3.05) is 18.4 Å². The first kappa shape index (κ1) is 16.8. The van der Waals surface area contributed by atoms with E-state index >= 15 is 0 Å². The first-order valence-corrected chi connectivity index (χ1v) is 7.60. The van der Waals surface area contributed by atoms with Crippen molar-refractivity contribution in [1.82, 2.24) is 5.32 Å². The second kappa shape index (κ2) is 7.53. The Kier molecular flexibility index (Phi) is 6.33. The predicted octanol–water partition coefficient (Wildman–Crippen LogP) is 3.95. The van der Waals surface area contributed by atoms with Crippen LogP contribution in [0.15, 0.2) is 22.7 Å². The number of alkyl carbamates (subject to hydrolysis) is 1. The molecular weight excluding hydrogens is 320 g/mol. The normalized spacial score (nSPS) is 11.1. The molecule has 0 atom stereocenters. The van der Waals surface area contributed by atoms with Crippen molar-refractivity contribution < 1.29 is 9.53 Å². The maximum atomic E-state index is 11.5. The quantitative estimate of drug-likeness (QED) is 0.796. The summed E-state index contributed by atoms with van der Waals surface area (Å²) in [6.45, 7) is 8.84. The van der Waals surface area contributed by atoms with Gasteiger partial charge in [-0.2, -0.15) is 0 Å². The number of hydrogen-bond acceptors (Lipinski definition) is 3. The minimum Gasteiger partial charge on any atom is -0.444 e. The van der Waals surface area contributed by atoms with E-state index in [1.807, 2.05) is 32.9 Å². The molecule has 0 aliphatic heterocycles. The van der Waals surface area contributed by atoms with Gasteiger partial charge in [0.2, 0.25) is 0 Å². The Hall–Kier alpha value is -1.23. The summed E-state index contributed by atoms with van der Waals surface area (Å²) in [4.78, 5) is 11.5. The van der Waals surface area contributed by atoms with Gasteiger partial charge < -0.3 is 15.4 Å². The van der Waals surface area contributed by atoms with Gasteiger partial charge in [0.25, 0.3) is 0 Å². The number of halogens is 1. The zero-order valence-corrected chi connectivity index (χ0v) is 14.1. The Morgan fingerprint density at radius 3 is 2.60 bits per heavy atom. The van der Waals surface area contributed by atoms with Crippen LogP contribution in [0, 0.1) is 0 Å². The third-order valence-electron chi connectivity index (χ3n) is 2.56. The fourth-order valence-electron chi connectivity index (χ4n) is 1.70. The van der Waals surface area contributed by atoms with Gasteiger partial charge in [0, 0.05) is 23.2 Å². The SMILES string of the molecule is CCc1cc(Br)ccc1NCCNC(=O)OC(C)(C)C. The van der Waals surface area contributed by atoms with E-state index in [2.05, 4.69) is 39.6 Å². The van der Waals surface area contributed by atoms with Gasteiger partial charge in [0.05, 0.1) is 0 Å². The lowest BCUT2D eigenvalue weighted by atomic mass is 10.1. The van der Waals surface area contributed by atoms with E-state index in [9.17, 15) is 4.79 Å². The van der Waals surface area contributed by atoms with Crippen LogP contribution < -0.4 is 10.6 Å². The van der Waals surface area contributed by atoms with Crippen LogP contribution in [-0.2, 0) is 11.2 Å². The Morgan fingerprint density at radius 2 is 2.00 bits per heavy atom. The van der Waals surface area contributed by atoms with Crippen molar-refractivity contribution >= 4 is 27.7 Å². The molecule has 0 saturated heterocycles. The summed E-state index contributed by atoms with van der Waals surface area (Å²) in [7, 11) is 0. The Balaban J connectivity index is 2.36. The molecule has 1 aromatic carbocycles. The molecule has 2 N–H and O–H groups in total. The van der Waals surface area contributed by atoms with Crippen LogP contribution in [0.5, 0.6) is 0 Å². The summed E-state index contributed by atoms with van der Waals surface area (Å²) in [5.74, 6) is 0. The Bertz CT molecular complexity index is 456. The van der Waals surface area contributed by atoms with Gasteiger partial charge in [0.15, 0.2) is 0 Å². The maximum Gasteiger partial charge on any atom is 0.407 e. The standard InChI is InChI=1S/C15H23BrN2O2/c1-5-11-10-12(16)6-7-13(11)17-8-9-18-14(19)20-15(2,3)4/h6-7,10,17H,5,8-9H2,1-4H3,(H,18,19). The second-order valence-corrected chi connectivity index (χ2v) is 6.43. The number of carbonyl (C=O) groups excluding carboxylic acids is 1. The van der Waals surface area contributed by atoms with Gasteiger partial charge in [-0.3, -0.25) is 0 Å². The lowest BCUT2D eigenvalue weighted by Gasteiger charge is -2.20. The molecular formula is C15H23BrN2O2. The summed E-state index contributed by atoms with van der Waals surface area (Å²) in [6, 6.07) is 6.14. The average Bonchev–Trinajstić information content (AvgIpc) is 2.33. The van der Waals surface area contributed by atoms with Crippen molar-refractivity contribution in [1.29, 1.82) is 0 Å². The molecule has 1 amide bonds. The summed E-state index contributed by atoms with van der Waals surface area (Å²) in [5, 5.41) is 6.04. The van der Waals surface area contributed by atoms with Crippen LogP contribution in [0.4, 0.5) is 10.5 Å². The zero-order chi connectivity index (χ0) is 15.2. The number of anilines is 1. The molecule has 0 spiro atoms. The molecule has 0 fully saturated rings. The number of carbonyl (C=O) groups is 1. The largest absolute Gasteiger partial charge is 0.444 e. The zero-order valence-electron chi connectivity index (χ0n) is 12.5. The van der Waals surface area contributed by atoms with E-state index in [4.69, 9.17) is 4.74 Å². The third-order valence-corrected chi connectivity index (χ3v) is 3.05. The second-order valence-electron chi connectivity index (χ2n) is 5.51. The first-order chi connectivity index (χ1) is 9.31. The molecule has 0 unspecified atom stereocenters. The van der Waals surface area contributed by atoms with Crippen molar-refractivity contribution in [2.24, 2.45) is 0 Å². The molecule has 1 rings (SSSR count). The van der Waals surface area contributed by atoms with Gasteiger partial charge >= 0.3 is 6.09 Å². The van der Waals surface area contributed by atoms with E-state index in [1.165, 1.54) is 5.56 Å². The molecule has 112 valence electrons. The lowest BCUT2D eigenvalue weighted by molar-refractivity contribution is 0.0530. The Labute approximate surface area is 129 Å². The molecule has 0 heterocycles. The number of benzene rings is 1. The monoisotopic (exact) mass is 342 g/mol. The van der Waals surface area contributed by atoms with Crippen molar-refractivity contribution in [2.45, 2.75) is 39.7 Å². The smallest absolute Gasteiger partial charge is 0.407 e. The first-order valence-electron chi connectivity index (χ1n) is 6.81. The highest BCUT2D eigenvalue weighted by atomic mass is 79.9. The predicted molar refractivity (Wildman–Crippen MR) is 86.2 cm³/mol. The molecule has 0 bridgehead atoms. The number of nitrogens with one attached hydrogen (secondary N) is 2. The van der Waals surface area contributed by atoms with E-state index in [-0.39, 0.29) is 6.09 Å². The van der Waals surface area contributed by atoms with Gasteiger partial charge in [-0.15, -0.1) is 0 Å². The fourth-order valence-corrected chi connectivity index (χ4v) is 2.11. The van der Waals surface area contributed by atoms with Crippen LogP contribution in [0.3, 0.4) is 0 Å². The third kappa shape index (κ3) is 6.28. The molecule has 0 aliphatic rings. The number of rotatable bonds is 5. The highest BCUT2D eigenvalue weighted by molar-refractivity contribution is 9.10.